The van der Waals surface area contributed by atoms with Gasteiger partial charge in [-0.2, -0.15) is 0 Å². The van der Waals surface area contributed by atoms with Gasteiger partial charge in [0, 0.05) is 6.07 Å². The van der Waals surface area contributed by atoms with Crippen LogP contribution in [-0.4, -0.2) is 36.3 Å². The molecule has 0 bridgehead atoms. The van der Waals surface area contributed by atoms with Crippen LogP contribution in [0.4, 0.5) is 4.39 Å². The van der Waals surface area contributed by atoms with Crippen molar-refractivity contribution in [3.05, 3.63) is 29.6 Å². The van der Waals surface area contributed by atoms with Crippen LogP contribution < -0.4 is 10.5 Å². The van der Waals surface area contributed by atoms with Gasteiger partial charge in [0.05, 0.1) is 12.7 Å². The minimum absolute atomic E-state index is 0.0479. The molecule has 0 saturated carbocycles. The number of methoxy groups -OCH3 is 1. The number of nitrogens with two attached hydrogens (primary N) is 1. The maximum absolute atomic E-state index is 13.4. The normalized spacial score (nSPS) is 13.5. The summed E-state index contributed by atoms with van der Waals surface area (Å²) in [5.41, 5.74) is 2.82. The number of hydrogen-bond acceptors (Lipinski definition) is 5. The Balaban J connectivity index is 2.77. The van der Waals surface area contributed by atoms with Crippen LogP contribution in [0, 0.1) is 5.82 Å². The Morgan fingerprint density at radius 3 is 2.58 bits per heavy atom. The van der Waals surface area contributed by atoms with E-state index in [0.717, 1.165) is 19.2 Å². The first-order valence-electron chi connectivity index (χ1n) is 5.31. The smallest absolute Gasteiger partial charge is 0.341 e. The SMILES string of the molecule is COC(=O)C(C)(O)COc1ccc(C(N)=O)c(F)c1. The maximum Gasteiger partial charge on any atom is 0.341 e. The zero-order valence-electron chi connectivity index (χ0n) is 10.5. The lowest BCUT2D eigenvalue weighted by Gasteiger charge is -2.20. The third-order valence-electron chi connectivity index (χ3n) is 2.35. The number of hydrogen-bond donors (Lipinski definition) is 2. The van der Waals surface area contributed by atoms with Crippen molar-refractivity contribution in [3.8, 4) is 5.75 Å². The number of carbonyl (C=O) groups excluding carboxylic acids is 2. The average Bonchev–Trinajstić information content (AvgIpc) is 2.35. The van der Waals surface area contributed by atoms with Gasteiger partial charge in [0.25, 0.3) is 5.91 Å². The van der Waals surface area contributed by atoms with Gasteiger partial charge in [-0.1, -0.05) is 0 Å². The molecule has 0 heterocycles. The molecular formula is C12H14FNO5. The molecule has 6 nitrogen and oxygen atoms in total. The largest absolute Gasteiger partial charge is 0.490 e. The molecule has 104 valence electrons. The van der Waals surface area contributed by atoms with Gasteiger partial charge in [-0.05, 0) is 19.1 Å². The molecule has 0 aliphatic carbocycles. The summed E-state index contributed by atoms with van der Waals surface area (Å²) in [6, 6.07) is 3.39. The molecule has 1 aromatic rings. The second-order valence-electron chi connectivity index (χ2n) is 4.06. The fourth-order valence-electron chi connectivity index (χ4n) is 1.29. The van der Waals surface area contributed by atoms with Crippen LogP contribution in [0.2, 0.25) is 0 Å². The molecule has 0 aliphatic heterocycles. The van der Waals surface area contributed by atoms with Crippen LogP contribution in [0.5, 0.6) is 5.75 Å². The van der Waals surface area contributed by atoms with E-state index in [9.17, 15) is 19.1 Å². The van der Waals surface area contributed by atoms with Crippen molar-refractivity contribution in [1.29, 1.82) is 0 Å². The molecule has 0 fully saturated rings. The molecule has 1 aromatic carbocycles. The summed E-state index contributed by atoms with van der Waals surface area (Å²) in [6.07, 6.45) is 0. The lowest BCUT2D eigenvalue weighted by atomic mass is 10.1. The molecular weight excluding hydrogens is 257 g/mol. The summed E-state index contributed by atoms with van der Waals surface area (Å²) in [5, 5.41) is 9.69. The Kier molecular flexibility index (Phi) is 4.44. The zero-order chi connectivity index (χ0) is 14.6. The van der Waals surface area contributed by atoms with E-state index >= 15 is 0 Å². The monoisotopic (exact) mass is 271 g/mol. The summed E-state index contributed by atoms with van der Waals surface area (Å²) in [6.45, 7) is 0.780. The highest BCUT2D eigenvalue weighted by Crippen LogP contribution is 2.18. The lowest BCUT2D eigenvalue weighted by Crippen LogP contribution is -2.42. The lowest BCUT2D eigenvalue weighted by molar-refractivity contribution is -0.163. The number of halogens is 1. The van der Waals surface area contributed by atoms with Gasteiger partial charge in [0.1, 0.15) is 18.2 Å². The molecule has 0 saturated heterocycles. The Bertz CT molecular complexity index is 501. The van der Waals surface area contributed by atoms with E-state index in [1.165, 1.54) is 13.0 Å². The minimum Gasteiger partial charge on any atom is -0.490 e. The van der Waals surface area contributed by atoms with E-state index < -0.39 is 29.9 Å². The molecule has 0 radical (unpaired) electrons. The fraction of sp³-hybridized carbons (Fsp3) is 0.333. The number of primary amides is 1. The summed E-state index contributed by atoms with van der Waals surface area (Å²) >= 11 is 0. The number of esters is 1. The van der Waals surface area contributed by atoms with Crippen molar-refractivity contribution in [2.45, 2.75) is 12.5 Å². The highest BCUT2D eigenvalue weighted by atomic mass is 19.1. The molecule has 1 rings (SSSR count). The molecule has 0 aromatic heterocycles. The van der Waals surface area contributed by atoms with Crippen LogP contribution >= 0.6 is 0 Å². The number of rotatable bonds is 5. The highest BCUT2D eigenvalue weighted by molar-refractivity contribution is 5.93. The average molecular weight is 271 g/mol. The Morgan fingerprint density at radius 2 is 2.11 bits per heavy atom. The third kappa shape index (κ3) is 3.65. The number of ether oxygens (including phenoxy) is 2. The van der Waals surface area contributed by atoms with Gasteiger partial charge >= 0.3 is 5.97 Å². The molecule has 7 heteroatoms. The van der Waals surface area contributed by atoms with E-state index in [4.69, 9.17) is 10.5 Å². The van der Waals surface area contributed by atoms with Crippen LogP contribution in [0.3, 0.4) is 0 Å². The summed E-state index contributed by atoms with van der Waals surface area (Å²) < 4.78 is 22.9. The number of carbonyl (C=O) groups is 2. The molecule has 0 aliphatic rings. The van der Waals surface area contributed by atoms with E-state index in [-0.39, 0.29) is 11.3 Å². The van der Waals surface area contributed by atoms with Gasteiger partial charge in [-0.3, -0.25) is 4.79 Å². The third-order valence-corrected chi connectivity index (χ3v) is 2.35. The second kappa shape index (κ2) is 5.66. The summed E-state index contributed by atoms with van der Waals surface area (Å²) in [7, 11) is 1.12. The topological polar surface area (TPSA) is 98.8 Å². The number of benzene rings is 1. The minimum atomic E-state index is -1.85. The van der Waals surface area contributed by atoms with Crippen molar-refractivity contribution >= 4 is 11.9 Å². The summed E-state index contributed by atoms with van der Waals surface area (Å²) in [5.74, 6) is -2.57. The highest BCUT2D eigenvalue weighted by Gasteiger charge is 2.32. The Labute approximate surface area is 108 Å². The van der Waals surface area contributed by atoms with E-state index in [1.54, 1.807) is 0 Å². The van der Waals surface area contributed by atoms with Crippen LogP contribution in [0.15, 0.2) is 18.2 Å². The van der Waals surface area contributed by atoms with Crippen LogP contribution in [0.1, 0.15) is 17.3 Å². The zero-order valence-corrected chi connectivity index (χ0v) is 10.5. The molecule has 0 spiro atoms. The molecule has 3 N–H and O–H groups in total. The van der Waals surface area contributed by atoms with E-state index in [0.29, 0.717) is 0 Å². The standard InChI is InChI=1S/C12H14FNO5/c1-12(17,11(16)18-2)6-19-7-3-4-8(10(14)15)9(13)5-7/h3-5,17H,6H2,1-2H3,(H2,14,15). The van der Waals surface area contributed by atoms with Crippen molar-refractivity contribution in [1.82, 2.24) is 0 Å². The quantitative estimate of drug-likeness (QED) is 0.747. The van der Waals surface area contributed by atoms with Crippen molar-refractivity contribution in [2.24, 2.45) is 5.73 Å². The second-order valence-corrected chi connectivity index (χ2v) is 4.06. The van der Waals surface area contributed by atoms with Gasteiger partial charge in [0.15, 0.2) is 5.60 Å². The van der Waals surface area contributed by atoms with Crippen molar-refractivity contribution < 1.29 is 28.6 Å². The summed E-state index contributed by atoms with van der Waals surface area (Å²) in [4.78, 5) is 22.0. The van der Waals surface area contributed by atoms with Gasteiger partial charge in [-0.25, -0.2) is 9.18 Å². The van der Waals surface area contributed by atoms with Gasteiger partial charge < -0.3 is 20.3 Å². The molecule has 19 heavy (non-hydrogen) atoms. The molecule has 1 amide bonds. The van der Waals surface area contributed by atoms with E-state index in [2.05, 4.69) is 4.74 Å². The molecule has 1 atom stereocenters. The fourth-order valence-corrected chi connectivity index (χ4v) is 1.29. The van der Waals surface area contributed by atoms with Crippen molar-refractivity contribution in [2.75, 3.05) is 13.7 Å². The maximum atomic E-state index is 13.4. The predicted molar refractivity (Wildman–Crippen MR) is 63.1 cm³/mol. The van der Waals surface area contributed by atoms with Crippen LogP contribution in [0.25, 0.3) is 0 Å². The Hall–Kier alpha value is -2.15. The predicted octanol–water partition coefficient (Wildman–Crippen LogP) is 0.227. The van der Waals surface area contributed by atoms with Gasteiger partial charge in [0.2, 0.25) is 0 Å². The van der Waals surface area contributed by atoms with E-state index in [1.807, 2.05) is 0 Å². The van der Waals surface area contributed by atoms with Crippen molar-refractivity contribution in [3.63, 3.8) is 0 Å². The molecule has 1 unspecified atom stereocenters. The first-order valence-corrected chi connectivity index (χ1v) is 5.31. The van der Waals surface area contributed by atoms with Gasteiger partial charge in [-0.15, -0.1) is 0 Å². The number of aliphatic hydroxyl groups is 1. The number of amides is 1. The van der Waals surface area contributed by atoms with Crippen LogP contribution in [-0.2, 0) is 9.53 Å². The first-order chi connectivity index (χ1) is 8.77. The Morgan fingerprint density at radius 1 is 1.47 bits per heavy atom. The first kappa shape index (κ1) is 14.9.